The molecule has 0 N–H and O–H groups in total. The highest BCUT2D eigenvalue weighted by Crippen LogP contribution is 2.16. The van der Waals surface area contributed by atoms with Crippen molar-refractivity contribution in [1.82, 2.24) is 0 Å². The van der Waals surface area contributed by atoms with E-state index in [4.69, 9.17) is 14.2 Å². The molecule has 4 nitrogen and oxygen atoms in total. The van der Waals surface area contributed by atoms with Gasteiger partial charge in [0.2, 0.25) is 0 Å². The first-order valence-electron chi connectivity index (χ1n) is 8.37. The van der Waals surface area contributed by atoms with E-state index in [0.29, 0.717) is 26.2 Å². The van der Waals surface area contributed by atoms with Gasteiger partial charge in [-0.25, -0.2) is 4.79 Å². The van der Waals surface area contributed by atoms with E-state index in [0.717, 1.165) is 16.9 Å². The molecule has 0 aliphatic heterocycles. The zero-order valence-electron chi connectivity index (χ0n) is 14.5. The normalized spacial score (nSPS) is 11.6. The number of benzene rings is 2. The summed E-state index contributed by atoms with van der Waals surface area (Å²) in [5.41, 5.74) is 2.10. The van der Waals surface area contributed by atoms with Crippen molar-refractivity contribution >= 4 is 5.97 Å². The van der Waals surface area contributed by atoms with E-state index in [-0.39, 0.29) is 5.97 Å². The fraction of sp³-hybridized carbons (Fsp3) is 0.286. The Balaban J connectivity index is 1.92. The van der Waals surface area contributed by atoms with Gasteiger partial charge in [0.15, 0.2) is 6.10 Å². The van der Waals surface area contributed by atoms with Crippen LogP contribution in [0.2, 0.25) is 0 Å². The lowest BCUT2D eigenvalue weighted by molar-refractivity contribution is -0.155. The minimum atomic E-state index is -0.631. The Morgan fingerprint density at radius 2 is 1.80 bits per heavy atom. The van der Waals surface area contributed by atoms with Crippen molar-refractivity contribution in [3.8, 4) is 5.75 Å². The van der Waals surface area contributed by atoms with E-state index in [1.165, 1.54) is 0 Å². The molecule has 0 amide bonds. The molecule has 0 heterocycles. The number of hydrogen-bond acceptors (Lipinski definition) is 4. The Hall–Kier alpha value is -2.59. The molecule has 0 saturated carbocycles. The van der Waals surface area contributed by atoms with Crippen LogP contribution in [0.1, 0.15) is 18.1 Å². The quantitative estimate of drug-likeness (QED) is 0.485. The molecule has 0 unspecified atom stereocenters. The van der Waals surface area contributed by atoms with E-state index in [2.05, 4.69) is 6.58 Å². The maximum atomic E-state index is 12.0. The zero-order chi connectivity index (χ0) is 17.9. The number of rotatable bonds is 10. The van der Waals surface area contributed by atoms with Crippen LogP contribution in [0.3, 0.4) is 0 Å². The van der Waals surface area contributed by atoms with E-state index in [1.807, 2.05) is 54.6 Å². The molecule has 0 saturated heterocycles. The van der Waals surface area contributed by atoms with Gasteiger partial charge in [-0.05, 0) is 30.2 Å². The van der Waals surface area contributed by atoms with Gasteiger partial charge in [-0.3, -0.25) is 0 Å². The van der Waals surface area contributed by atoms with Crippen molar-refractivity contribution in [3.05, 3.63) is 78.4 Å². The van der Waals surface area contributed by atoms with Gasteiger partial charge in [-0.2, -0.15) is 0 Å². The summed E-state index contributed by atoms with van der Waals surface area (Å²) < 4.78 is 16.3. The van der Waals surface area contributed by atoms with Crippen molar-refractivity contribution in [2.45, 2.75) is 26.1 Å². The van der Waals surface area contributed by atoms with Crippen LogP contribution in [-0.2, 0) is 27.3 Å². The highest BCUT2D eigenvalue weighted by molar-refractivity contribution is 5.75. The SMILES string of the molecule is C=CCO[C@@H](Cc1ccc(OCc2ccccc2)cc1)C(=O)OCC. The molecule has 0 fully saturated rings. The van der Waals surface area contributed by atoms with Crippen LogP contribution in [-0.4, -0.2) is 25.3 Å². The molecule has 4 heteroatoms. The highest BCUT2D eigenvalue weighted by atomic mass is 16.6. The number of carbonyl (C=O) groups is 1. The molecule has 1 atom stereocenters. The summed E-state index contributed by atoms with van der Waals surface area (Å²) in [6.07, 6.45) is 1.44. The average Bonchev–Trinajstić information content (AvgIpc) is 2.65. The Morgan fingerprint density at radius 1 is 1.08 bits per heavy atom. The highest BCUT2D eigenvalue weighted by Gasteiger charge is 2.20. The molecule has 2 aromatic rings. The molecular weight excluding hydrogens is 316 g/mol. The third kappa shape index (κ3) is 6.43. The molecule has 0 spiro atoms. The van der Waals surface area contributed by atoms with Crippen LogP contribution in [0, 0.1) is 0 Å². The third-order valence-electron chi connectivity index (χ3n) is 3.56. The standard InChI is InChI=1S/C21H24O4/c1-3-14-24-20(21(22)23-4-2)15-17-10-12-19(13-11-17)25-16-18-8-6-5-7-9-18/h3,5-13,20H,1,4,14-16H2,2H3/t20-/m0/s1. The smallest absolute Gasteiger partial charge is 0.335 e. The number of esters is 1. The van der Waals surface area contributed by atoms with Crippen LogP contribution >= 0.6 is 0 Å². The van der Waals surface area contributed by atoms with Crippen molar-refractivity contribution < 1.29 is 19.0 Å². The van der Waals surface area contributed by atoms with E-state index in [1.54, 1.807) is 13.0 Å². The van der Waals surface area contributed by atoms with Crippen molar-refractivity contribution in [1.29, 1.82) is 0 Å². The number of hydrogen-bond donors (Lipinski definition) is 0. The minimum Gasteiger partial charge on any atom is -0.489 e. The first-order chi connectivity index (χ1) is 12.2. The van der Waals surface area contributed by atoms with Crippen LogP contribution in [0.25, 0.3) is 0 Å². The van der Waals surface area contributed by atoms with Gasteiger partial charge in [0.05, 0.1) is 13.2 Å². The monoisotopic (exact) mass is 340 g/mol. The van der Waals surface area contributed by atoms with Gasteiger partial charge in [-0.1, -0.05) is 48.5 Å². The fourth-order valence-electron chi connectivity index (χ4n) is 2.31. The summed E-state index contributed by atoms with van der Waals surface area (Å²) in [5.74, 6) is 0.432. The molecule has 2 aromatic carbocycles. The third-order valence-corrected chi connectivity index (χ3v) is 3.56. The molecule has 2 rings (SSSR count). The average molecular weight is 340 g/mol. The van der Waals surface area contributed by atoms with Gasteiger partial charge in [-0.15, -0.1) is 6.58 Å². The number of carbonyl (C=O) groups excluding carboxylic acids is 1. The van der Waals surface area contributed by atoms with Gasteiger partial charge < -0.3 is 14.2 Å². The van der Waals surface area contributed by atoms with Gasteiger partial charge in [0, 0.05) is 6.42 Å². The van der Waals surface area contributed by atoms with E-state index in [9.17, 15) is 4.79 Å². The van der Waals surface area contributed by atoms with E-state index >= 15 is 0 Å². The van der Waals surface area contributed by atoms with Crippen molar-refractivity contribution in [2.75, 3.05) is 13.2 Å². The maximum absolute atomic E-state index is 12.0. The first kappa shape index (κ1) is 18.7. The van der Waals surface area contributed by atoms with Crippen LogP contribution < -0.4 is 4.74 Å². The summed E-state index contributed by atoms with van der Waals surface area (Å²) in [5, 5.41) is 0. The predicted molar refractivity (Wildman–Crippen MR) is 97.5 cm³/mol. The van der Waals surface area contributed by atoms with Gasteiger partial charge >= 0.3 is 5.97 Å². The Labute approximate surface area is 149 Å². The molecule has 25 heavy (non-hydrogen) atoms. The second kappa shape index (κ2) is 10.3. The van der Waals surface area contributed by atoms with Crippen LogP contribution in [0.4, 0.5) is 0 Å². The lowest BCUT2D eigenvalue weighted by atomic mass is 10.1. The first-order valence-corrected chi connectivity index (χ1v) is 8.37. The summed E-state index contributed by atoms with van der Waals surface area (Å²) in [4.78, 5) is 12.0. The summed E-state index contributed by atoms with van der Waals surface area (Å²) in [6, 6.07) is 17.7. The topological polar surface area (TPSA) is 44.8 Å². The van der Waals surface area contributed by atoms with Crippen LogP contribution in [0.15, 0.2) is 67.3 Å². The van der Waals surface area contributed by atoms with Crippen LogP contribution in [0.5, 0.6) is 5.75 Å². The summed E-state index contributed by atoms with van der Waals surface area (Å²) in [7, 11) is 0. The maximum Gasteiger partial charge on any atom is 0.335 e. The molecular formula is C21H24O4. The lowest BCUT2D eigenvalue weighted by Crippen LogP contribution is -2.29. The zero-order valence-corrected chi connectivity index (χ0v) is 14.5. The lowest BCUT2D eigenvalue weighted by Gasteiger charge is -2.16. The predicted octanol–water partition coefficient (Wildman–Crippen LogP) is 3.94. The second-order valence-electron chi connectivity index (χ2n) is 5.49. The van der Waals surface area contributed by atoms with Gasteiger partial charge in [0.1, 0.15) is 12.4 Å². The Morgan fingerprint density at radius 3 is 2.44 bits per heavy atom. The minimum absolute atomic E-state index is 0.307. The Kier molecular flexibility index (Phi) is 7.73. The molecule has 0 radical (unpaired) electrons. The molecule has 0 aromatic heterocycles. The largest absolute Gasteiger partial charge is 0.489 e. The molecule has 0 aliphatic rings. The summed E-state index contributed by atoms with van der Waals surface area (Å²) >= 11 is 0. The molecule has 132 valence electrons. The number of ether oxygens (including phenoxy) is 3. The van der Waals surface area contributed by atoms with Crippen molar-refractivity contribution in [3.63, 3.8) is 0 Å². The molecule has 0 aliphatic carbocycles. The summed E-state index contributed by atoms with van der Waals surface area (Å²) in [6.45, 7) is 6.55. The van der Waals surface area contributed by atoms with E-state index < -0.39 is 6.10 Å². The molecule has 0 bridgehead atoms. The second-order valence-corrected chi connectivity index (χ2v) is 5.49. The Bertz CT molecular complexity index is 649. The van der Waals surface area contributed by atoms with Gasteiger partial charge in [0.25, 0.3) is 0 Å². The fourth-order valence-corrected chi connectivity index (χ4v) is 2.31. The van der Waals surface area contributed by atoms with Crippen molar-refractivity contribution in [2.24, 2.45) is 0 Å².